The predicted molar refractivity (Wildman–Crippen MR) is 141 cm³/mol. The lowest BCUT2D eigenvalue weighted by molar-refractivity contribution is 0.0524. The number of ether oxygens (including phenoxy) is 2. The number of fused-ring (bicyclic) bond motifs is 1. The minimum Gasteiger partial charge on any atom is -0.444 e. The summed E-state index contributed by atoms with van der Waals surface area (Å²) >= 11 is 2.33. The van der Waals surface area contributed by atoms with E-state index in [1.807, 2.05) is 37.5 Å². The van der Waals surface area contributed by atoms with Gasteiger partial charge in [-0.2, -0.15) is 5.10 Å². The molecule has 0 spiro atoms. The zero-order valence-corrected chi connectivity index (χ0v) is 22.3. The Morgan fingerprint density at radius 3 is 2.79 bits per heavy atom. The average Bonchev–Trinajstić information content (AvgIpc) is 3.20. The van der Waals surface area contributed by atoms with Crippen molar-refractivity contribution < 1.29 is 14.3 Å². The molecule has 0 aliphatic rings. The molecule has 0 fully saturated rings. The van der Waals surface area contributed by atoms with E-state index >= 15 is 0 Å². The maximum absolute atomic E-state index is 11.6. The number of carbonyl (C=O) groups excluding carboxylic acids is 1. The number of amides is 1. The zero-order valence-electron chi connectivity index (χ0n) is 19.1. The second-order valence-corrected chi connectivity index (χ2v) is 10.4. The van der Waals surface area contributed by atoms with E-state index in [0.717, 1.165) is 40.7 Å². The van der Waals surface area contributed by atoms with E-state index < -0.39 is 5.60 Å². The average molecular weight is 584 g/mol. The molecule has 1 amide bonds. The molecule has 1 unspecified atom stereocenters. The van der Waals surface area contributed by atoms with E-state index in [1.165, 1.54) is 0 Å². The summed E-state index contributed by atoms with van der Waals surface area (Å²) in [6.07, 6.45) is 7.03. The van der Waals surface area contributed by atoms with Gasteiger partial charge in [0.1, 0.15) is 11.9 Å². The first kappa shape index (κ1) is 25.6. The Balaban J connectivity index is 1.45. The molecule has 33 heavy (non-hydrogen) atoms. The number of carbonyl (C=O) groups is 1. The highest BCUT2D eigenvalue weighted by molar-refractivity contribution is 14.2. The third kappa shape index (κ3) is 8.04. The van der Waals surface area contributed by atoms with Gasteiger partial charge in [-0.1, -0.05) is 0 Å². The van der Waals surface area contributed by atoms with Crippen molar-refractivity contribution in [3.63, 3.8) is 0 Å². The Morgan fingerprint density at radius 1 is 1.21 bits per heavy atom. The maximum Gasteiger partial charge on any atom is 0.407 e. The van der Waals surface area contributed by atoms with Gasteiger partial charge in [0.05, 0.1) is 30.4 Å². The summed E-state index contributed by atoms with van der Waals surface area (Å²) in [6.45, 7) is 8.02. The minimum absolute atomic E-state index is 0.380. The number of halogens is 1. The summed E-state index contributed by atoms with van der Waals surface area (Å²) in [7, 11) is 0. The number of nitrogens with one attached hydrogen (secondary N) is 2. The molecule has 0 bridgehead atoms. The molecular weight excluding hydrogens is 554 g/mol. The number of hydrogen-bond donors (Lipinski definition) is 2. The fourth-order valence-corrected chi connectivity index (χ4v) is 4.67. The molecule has 3 aromatic rings. The Kier molecular flexibility index (Phi) is 9.64. The second-order valence-electron chi connectivity index (χ2n) is 8.37. The van der Waals surface area contributed by atoms with Crippen LogP contribution in [0, 0.1) is 0 Å². The normalized spacial score (nSPS) is 11.9. The van der Waals surface area contributed by atoms with Gasteiger partial charge in [-0.25, -0.2) is 19.2 Å². The quantitative estimate of drug-likeness (QED) is 0.185. The van der Waals surface area contributed by atoms with Crippen molar-refractivity contribution in [3.8, 4) is 11.3 Å². The maximum atomic E-state index is 11.6. The van der Waals surface area contributed by atoms with Gasteiger partial charge in [0.25, 0.3) is 0 Å². The topological polar surface area (TPSA) is 103 Å². The third-order valence-electron chi connectivity index (χ3n) is 4.59. The van der Waals surface area contributed by atoms with Gasteiger partial charge in [0.2, 0.25) is 0 Å². The number of hydrogen-bond acceptors (Lipinski definition) is 7. The van der Waals surface area contributed by atoms with Gasteiger partial charge in [-0.05, 0) is 73.9 Å². The smallest absolute Gasteiger partial charge is 0.407 e. The van der Waals surface area contributed by atoms with Crippen molar-refractivity contribution in [2.45, 2.75) is 39.2 Å². The molecule has 9 nitrogen and oxygen atoms in total. The van der Waals surface area contributed by atoms with Crippen LogP contribution in [-0.4, -0.2) is 57.5 Å². The van der Waals surface area contributed by atoms with Crippen LogP contribution in [0.2, 0.25) is 0 Å². The van der Waals surface area contributed by atoms with E-state index in [4.69, 9.17) is 9.47 Å². The SMILES string of the molecule is CC(C)(C)OC(=O)NCCCCOCCNc1cc(-c2ccncn2)cc2c1cnn2PI. The van der Waals surface area contributed by atoms with Gasteiger partial charge in [-0.15, -0.1) is 0 Å². The highest BCUT2D eigenvalue weighted by Gasteiger charge is 2.15. The highest BCUT2D eigenvalue weighted by atomic mass is 127. The number of nitrogens with zero attached hydrogens (tertiary/aromatic N) is 4. The number of anilines is 1. The van der Waals surface area contributed by atoms with Gasteiger partial charge in [0.15, 0.2) is 0 Å². The van der Waals surface area contributed by atoms with Crippen molar-refractivity contribution in [2.75, 3.05) is 31.6 Å². The van der Waals surface area contributed by atoms with Crippen molar-refractivity contribution in [1.82, 2.24) is 24.8 Å². The number of aromatic nitrogens is 4. The number of alkyl carbamates (subject to hydrolysis) is 1. The van der Waals surface area contributed by atoms with Crippen LogP contribution in [0.3, 0.4) is 0 Å². The summed E-state index contributed by atoms with van der Waals surface area (Å²) in [5.41, 5.74) is 3.49. The monoisotopic (exact) mass is 584 g/mol. The lowest BCUT2D eigenvalue weighted by atomic mass is 10.1. The minimum atomic E-state index is -0.477. The van der Waals surface area contributed by atoms with Crippen molar-refractivity contribution in [1.29, 1.82) is 0 Å². The summed E-state index contributed by atoms with van der Waals surface area (Å²) in [5.74, 6) is 0. The molecule has 2 N–H and O–H groups in total. The standard InChI is InChI=1S/C22H30IN6O3P/c1-22(2,3)32-21(30)26-7-4-5-10-31-11-9-25-19-12-16(18-6-8-24-15-27-18)13-20-17(19)14-28-29(20)33-23/h6,8,12-15,25,33H,4-5,7,9-11H2,1-3H3,(H,26,30). The van der Waals surface area contributed by atoms with E-state index in [1.54, 1.807) is 12.5 Å². The van der Waals surface area contributed by atoms with Crippen LogP contribution in [0.1, 0.15) is 33.6 Å². The fraction of sp³-hybridized carbons (Fsp3) is 0.455. The van der Waals surface area contributed by atoms with Crippen LogP contribution in [0.4, 0.5) is 10.5 Å². The molecule has 178 valence electrons. The lowest BCUT2D eigenvalue weighted by Crippen LogP contribution is -2.33. The largest absolute Gasteiger partial charge is 0.444 e. The van der Waals surface area contributed by atoms with Crippen molar-refractivity contribution in [2.24, 2.45) is 0 Å². The van der Waals surface area contributed by atoms with Crippen LogP contribution < -0.4 is 10.6 Å². The Morgan fingerprint density at radius 2 is 2.06 bits per heavy atom. The molecule has 0 saturated carbocycles. The Hall–Kier alpha value is -2.04. The van der Waals surface area contributed by atoms with E-state index in [9.17, 15) is 4.79 Å². The molecule has 0 aliphatic carbocycles. The molecular formula is C22H30IN6O3P. The zero-order chi connectivity index (χ0) is 23.7. The van der Waals surface area contributed by atoms with Crippen LogP contribution in [-0.2, 0) is 9.47 Å². The molecule has 1 atom stereocenters. The van der Waals surface area contributed by atoms with E-state index in [-0.39, 0.29) is 6.09 Å². The summed E-state index contributed by atoms with van der Waals surface area (Å²) in [6, 6.07) is 6.11. The van der Waals surface area contributed by atoms with Gasteiger partial charge < -0.3 is 20.1 Å². The molecule has 2 heterocycles. The number of benzene rings is 1. The summed E-state index contributed by atoms with van der Waals surface area (Å²) in [5, 5.41) is 11.8. The summed E-state index contributed by atoms with van der Waals surface area (Å²) in [4.78, 5) is 20.0. The van der Waals surface area contributed by atoms with Gasteiger partial charge in [-0.3, -0.25) is 0 Å². The van der Waals surface area contributed by atoms with E-state index in [0.29, 0.717) is 32.7 Å². The lowest BCUT2D eigenvalue weighted by Gasteiger charge is -2.19. The van der Waals surface area contributed by atoms with Crippen LogP contribution in [0.25, 0.3) is 22.2 Å². The number of rotatable bonds is 11. The van der Waals surface area contributed by atoms with Crippen LogP contribution >= 0.6 is 28.4 Å². The number of unbranched alkanes of at least 4 members (excludes halogenated alkanes) is 1. The third-order valence-corrected chi connectivity index (χ3v) is 6.48. The fourth-order valence-electron chi connectivity index (χ4n) is 3.14. The van der Waals surface area contributed by atoms with Crippen LogP contribution in [0.5, 0.6) is 0 Å². The predicted octanol–water partition coefficient (Wildman–Crippen LogP) is 5.02. The Labute approximate surface area is 208 Å². The van der Waals surface area contributed by atoms with Gasteiger partial charge >= 0.3 is 6.09 Å². The molecule has 0 aliphatic heterocycles. The van der Waals surface area contributed by atoms with Crippen molar-refractivity contribution in [3.05, 3.63) is 36.9 Å². The summed E-state index contributed by atoms with van der Waals surface area (Å²) < 4.78 is 13.0. The first-order chi connectivity index (χ1) is 15.9. The molecule has 0 saturated heterocycles. The second kappa shape index (κ2) is 12.4. The Bertz CT molecular complexity index is 1040. The molecule has 11 heteroatoms. The first-order valence-electron chi connectivity index (χ1n) is 10.8. The molecule has 0 radical (unpaired) electrons. The molecule has 2 aromatic heterocycles. The van der Waals surface area contributed by atoms with E-state index in [2.05, 4.69) is 59.9 Å². The van der Waals surface area contributed by atoms with Gasteiger partial charge in [0, 0.05) is 42.5 Å². The first-order valence-corrected chi connectivity index (χ1v) is 14.9. The van der Waals surface area contributed by atoms with Crippen LogP contribution in [0.15, 0.2) is 36.9 Å². The van der Waals surface area contributed by atoms with Crippen molar-refractivity contribution >= 4 is 51.1 Å². The molecule has 1 aromatic carbocycles. The molecule has 3 rings (SSSR count). The highest BCUT2D eigenvalue weighted by Crippen LogP contribution is 2.35.